The van der Waals surface area contributed by atoms with Crippen molar-refractivity contribution in [2.24, 2.45) is 5.92 Å². The van der Waals surface area contributed by atoms with Crippen LogP contribution >= 0.6 is 11.8 Å². The maximum Gasteiger partial charge on any atom is 0.0111 e. The van der Waals surface area contributed by atoms with Crippen LogP contribution in [0.5, 0.6) is 0 Å². The van der Waals surface area contributed by atoms with Crippen LogP contribution in [0.4, 0.5) is 0 Å². The quantitative estimate of drug-likeness (QED) is 0.503. The van der Waals surface area contributed by atoms with E-state index in [0.29, 0.717) is 0 Å². The molecule has 1 rings (SSSR count). The second-order valence-electron chi connectivity index (χ2n) is 3.59. The van der Waals surface area contributed by atoms with Crippen LogP contribution in [0.2, 0.25) is 0 Å². The second kappa shape index (κ2) is 5.65. The molecule has 2 heteroatoms. The topological polar surface area (TPSA) is 12.0 Å². The van der Waals surface area contributed by atoms with Crippen molar-refractivity contribution < 1.29 is 0 Å². The van der Waals surface area contributed by atoms with Crippen molar-refractivity contribution in [2.75, 3.05) is 18.1 Å². The van der Waals surface area contributed by atoms with E-state index in [-0.39, 0.29) is 0 Å². The number of rotatable bonds is 6. The van der Waals surface area contributed by atoms with Crippen LogP contribution in [0, 0.1) is 5.92 Å². The summed E-state index contributed by atoms with van der Waals surface area (Å²) in [6.07, 6.45) is 4.73. The SMILES string of the molecule is C=CCSCCNC1CC(C)C1. The molecule has 0 radical (unpaired) electrons. The average molecular weight is 185 g/mol. The lowest BCUT2D eigenvalue weighted by Crippen LogP contribution is -2.41. The van der Waals surface area contributed by atoms with Crippen LogP contribution in [-0.4, -0.2) is 24.1 Å². The zero-order chi connectivity index (χ0) is 8.81. The van der Waals surface area contributed by atoms with Gasteiger partial charge in [0.15, 0.2) is 0 Å². The molecule has 0 aromatic rings. The fourth-order valence-corrected chi connectivity index (χ4v) is 2.17. The third-order valence-corrected chi connectivity index (χ3v) is 3.25. The van der Waals surface area contributed by atoms with Crippen molar-refractivity contribution in [2.45, 2.75) is 25.8 Å². The molecule has 0 spiro atoms. The first-order chi connectivity index (χ1) is 5.83. The highest BCUT2D eigenvalue weighted by molar-refractivity contribution is 7.99. The van der Waals surface area contributed by atoms with E-state index in [1.165, 1.54) is 18.6 Å². The number of hydrogen-bond donors (Lipinski definition) is 1. The molecule has 1 aliphatic carbocycles. The lowest BCUT2D eigenvalue weighted by atomic mass is 9.82. The summed E-state index contributed by atoms with van der Waals surface area (Å²) < 4.78 is 0. The van der Waals surface area contributed by atoms with Gasteiger partial charge in [-0.3, -0.25) is 0 Å². The zero-order valence-electron chi connectivity index (χ0n) is 7.88. The average Bonchev–Trinajstić information content (AvgIpc) is 2.00. The molecule has 0 heterocycles. The number of hydrogen-bond acceptors (Lipinski definition) is 2. The van der Waals surface area contributed by atoms with Crippen LogP contribution in [0.25, 0.3) is 0 Å². The summed E-state index contributed by atoms with van der Waals surface area (Å²) in [5.74, 6) is 3.27. The van der Waals surface area contributed by atoms with Gasteiger partial charge in [0.25, 0.3) is 0 Å². The molecular formula is C10H19NS. The van der Waals surface area contributed by atoms with Crippen LogP contribution in [0.15, 0.2) is 12.7 Å². The van der Waals surface area contributed by atoms with Gasteiger partial charge in [-0.25, -0.2) is 0 Å². The summed E-state index contributed by atoms with van der Waals surface area (Å²) in [4.78, 5) is 0. The lowest BCUT2D eigenvalue weighted by molar-refractivity contribution is 0.246. The number of nitrogens with one attached hydrogen (secondary N) is 1. The van der Waals surface area contributed by atoms with Crippen molar-refractivity contribution in [3.63, 3.8) is 0 Å². The van der Waals surface area contributed by atoms with Gasteiger partial charge in [0.05, 0.1) is 0 Å². The first-order valence-corrected chi connectivity index (χ1v) is 5.90. The van der Waals surface area contributed by atoms with Gasteiger partial charge < -0.3 is 5.32 Å². The van der Waals surface area contributed by atoms with E-state index in [0.717, 1.165) is 24.3 Å². The Hall–Kier alpha value is 0.0500. The molecule has 0 aromatic heterocycles. The van der Waals surface area contributed by atoms with E-state index >= 15 is 0 Å². The summed E-state index contributed by atoms with van der Waals surface area (Å²) in [5, 5.41) is 3.55. The Morgan fingerprint density at radius 3 is 2.92 bits per heavy atom. The molecule has 0 atom stereocenters. The molecule has 1 saturated carbocycles. The smallest absolute Gasteiger partial charge is 0.0111 e. The van der Waals surface area contributed by atoms with Gasteiger partial charge in [0, 0.05) is 24.1 Å². The normalized spacial score (nSPS) is 28.1. The van der Waals surface area contributed by atoms with E-state index in [1.807, 2.05) is 17.8 Å². The summed E-state index contributed by atoms with van der Waals surface area (Å²) in [5.41, 5.74) is 0. The Kier molecular flexibility index (Phi) is 4.77. The molecular weight excluding hydrogens is 166 g/mol. The first-order valence-electron chi connectivity index (χ1n) is 4.75. The summed E-state index contributed by atoms with van der Waals surface area (Å²) in [6, 6.07) is 0.823. The van der Waals surface area contributed by atoms with Gasteiger partial charge in [-0.15, -0.1) is 6.58 Å². The highest BCUT2D eigenvalue weighted by Crippen LogP contribution is 2.25. The van der Waals surface area contributed by atoms with E-state index in [4.69, 9.17) is 0 Å². The third kappa shape index (κ3) is 3.63. The maximum atomic E-state index is 3.69. The van der Waals surface area contributed by atoms with Gasteiger partial charge >= 0.3 is 0 Å². The molecule has 1 N–H and O–H groups in total. The standard InChI is InChI=1S/C10H19NS/c1-3-5-12-6-4-11-10-7-9(2)8-10/h3,9-11H,1,4-8H2,2H3. The van der Waals surface area contributed by atoms with E-state index in [9.17, 15) is 0 Å². The van der Waals surface area contributed by atoms with Crippen molar-refractivity contribution in [1.82, 2.24) is 5.32 Å². The fourth-order valence-electron chi connectivity index (χ4n) is 1.57. The Morgan fingerprint density at radius 2 is 2.33 bits per heavy atom. The zero-order valence-corrected chi connectivity index (χ0v) is 8.70. The van der Waals surface area contributed by atoms with Crippen LogP contribution in [-0.2, 0) is 0 Å². The summed E-state index contributed by atoms with van der Waals surface area (Å²) >= 11 is 1.95. The Labute approximate surface area is 80.0 Å². The minimum Gasteiger partial charge on any atom is -0.313 e. The first kappa shape index (κ1) is 10.1. The largest absolute Gasteiger partial charge is 0.313 e. The third-order valence-electron chi connectivity index (χ3n) is 2.29. The number of thioether (sulfide) groups is 1. The minimum absolute atomic E-state index is 0.823. The van der Waals surface area contributed by atoms with Gasteiger partial charge in [-0.2, -0.15) is 11.8 Å². The highest BCUT2D eigenvalue weighted by Gasteiger charge is 2.23. The molecule has 0 aromatic carbocycles. The molecule has 0 aliphatic heterocycles. The molecule has 0 saturated heterocycles. The molecule has 1 nitrogen and oxygen atoms in total. The van der Waals surface area contributed by atoms with Crippen LogP contribution in [0.1, 0.15) is 19.8 Å². The Balaban J connectivity index is 1.80. The monoisotopic (exact) mass is 185 g/mol. The fraction of sp³-hybridized carbons (Fsp3) is 0.800. The minimum atomic E-state index is 0.823. The molecule has 1 aliphatic rings. The maximum absolute atomic E-state index is 3.69. The van der Waals surface area contributed by atoms with Gasteiger partial charge in [0.2, 0.25) is 0 Å². The Bertz CT molecular complexity index is 130. The van der Waals surface area contributed by atoms with Crippen molar-refractivity contribution in [3.05, 3.63) is 12.7 Å². The molecule has 0 amide bonds. The Morgan fingerprint density at radius 1 is 1.58 bits per heavy atom. The second-order valence-corrected chi connectivity index (χ2v) is 4.74. The molecule has 1 fully saturated rings. The van der Waals surface area contributed by atoms with Crippen molar-refractivity contribution in [3.8, 4) is 0 Å². The van der Waals surface area contributed by atoms with Crippen molar-refractivity contribution in [1.29, 1.82) is 0 Å². The van der Waals surface area contributed by atoms with Crippen molar-refractivity contribution >= 4 is 11.8 Å². The lowest BCUT2D eigenvalue weighted by Gasteiger charge is -2.33. The summed E-state index contributed by atoms with van der Waals surface area (Å²) in [6.45, 7) is 7.18. The van der Waals surface area contributed by atoms with E-state index in [2.05, 4.69) is 18.8 Å². The molecule has 0 unspecified atom stereocenters. The van der Waals surface area contributed by atoms with Crippen LogP contribution < -0.4 is 5.32 Å². The van der Waals surface area contributed by atoms with Crippen LogP contribution in [0.3, 0.4) is 0 Å². The van der Waals surface area contributed by atoms with Gasteiger partial charge in [-0.1, -0.05) is 13.0 Å². The van der Waals surface area contributed by atoms with E-state index in [1.54, 1.807) is 0 Å². The highest BCUT2D eigenvalue weighted by atomic mass is 32.2. The van der Waals surface area contributed by atoms with Gasteiger partial charge in [0.1, 0.15) is 0 Å². The summed E-state index contributed by atoms with van der Waals surface area (Å²) in [7, 11) is 0. The molecule has 70 valence electrons. The predicted molar refractivity (Wildman–Crippen MR) is 57.7 cm³/mol. The molecule has 12 heavy (non-hydrogen) atoms. The van der Waals surface area contributed by atoms with Gasteiger partial charge in [-0.05, 0) is 18.8 Å². The predicted octanol–water partition coefficient (Wildman–Crippen LogP) is 2.29. The van der Waals surface area contributed by atoms with E-state index < -0.39 is 0 Å². The molecule has 0 bridgehead atoms.